The third-order valence-electron chi connectivity index (χ3n) is 3.96. The minimum absolute atomic E-state index is 0.268. The van der Waals surface area contributed by atoms with E-state index in [0.717, 1.165) is 11.3 Å². The van der Waals surface area contributed by atoms with E-state index in [4.69, 9.17) is 11.6 Å². The number of thioether (sulfide) groups is 1. The molecule has 0 spiro atoms. The highest BCUT2D eigenvalue weighted by Gasteiger charge is 2.14. The summed E-state index contributed by atoms with van der Waals surface area (Å²) in [6.45, 7) is 0.283. The Kier molecular flexibility index (Phi) is 6.36. The van der Waals surface area contributed by atoms with Crippen molar-refractivity contribution < 1.29 is 9.18 Å². The maximum Gasteiger partial charge on any atom is 0.282 e. The number of nitrogens with zero attached hydrogens (tertiary/aromatic N) is 5. The lowest BCUT2D eigenvalue weighted by atomic mass is 10.2. The molecule has 2 aromatic carbocycles. The Balaban J connectivity index is 1.36. The molecule has 0 saturated carbocycles. The van der Waals surface area contributed by atoms with Crippen molar-refractivity contribution >= 4 is 40.6 Å². The fourth-order valence-corrected chi connectivity index (χ4v) is 4.37. The average Bonchev–Trinajstić information content (AvgIpc) is 3.41. The zero-order chi connectivity index (χ0) is 20.9. The van der Waals surface area contributed by atoms with Gasteiger partial charge in [-0.1, -0.05) is 52.9 Å². The Bertz CT molecular complexity index is 1160. The molecule has 0 unspecified atom stereocenters. The summed E-state index contributed by atoms with van der Waals surface area (Å²) in [5.41, 5.74) is 1.65. The van der Waals surface area contributed by atoms with Gasteiger partial charge in [-0.25, -0.2) is 4.39 Å². The van der Waals surface area contributed by atoms with Crippen LogP contribution in [0.1, 0.15) is 20.4 Å². The number of benzene rings is 2. The van der Waals surface area contributed by atoms with Gasteiger partial charge in [0.2, 0.25) is 5.01 Å². The Hall–Kier alpha value is -2.82. The topological polar surface area (TPSA) is 85.6 Å². The van der Waals surface area contributed by atoms with Crippen molar-refractivity contribution in [3.05, 3.63) is 81.3 Å². The molecule has 2 heterocycles. The van der Waals surface area contributed by atoms with E-state index in [0.29, 0.717) is 20.9 Å². The van der Waals surface area contributed by atoms with Crippen LogP contribution in [-0.2, 0) is 12.3 Å². The molecule has 0 atom stereocenters. The quantitative estimate of drug-likeness (QED) is 0.417. The second-order valence-electron chi connectivity index (χ2n) is 6.06. The highest BCUT2D eigenvalue weighted by molar-refractivity contribution is 7.98. The molecule has 11 heteroatoms. The summed E-state index contributed by atoms with van der Waals surface area (Å²) in [5.74, 6) is -0.153. The van der Waals surface area contributed by atoms with E-state index in [9.17, 15) is 9.18 Å². The van der Waals surface area contributed by atoms with Gasteiger partial charge in [0.05, 0.1) is 11.4 Å². The van der Waals surface area contributed by atoms with Gasteiger partial charge in [-0.15, -0.1) is 20.4 Å². The smallest absolute Gasteiger partial charge is 0.282 e. The fourth-order valence-electron chi connectivity index (χ4n) is 2.52. The maximum atomic E-state index is 12.9. The van der Waals surface area contributed by atoms with Crippen molar-refractivity contribution in [2.45, 2.75) is 17.5 Å². The minimum Gasteiger partial charge on any atom is -0.346 e. The van der Waals surface area contributed by atoms with Gasteiger partial charge in [-0.3, -0.25) is 9.36 Å². The molecule has 30 heavy (non-hydrogen) atoms. The highest BCUT2D eigenvalue weighted by atomic mass is 35.5. The molecule has 0 aliphatic carbocycles. The van der Waals surface area contributed by atoms with E-state index in [-0.39, 0.29) is 23.3 Å². The summed E-state index contributed by atoms with van der Waals surface area (Å²) in [7, 11) is 0. The van der Waals surface area contributed by atoms with Crippen LogP contribution in [0.15, 0.2) is 60.0 Å². The van der Waals surface area contributed by atoms with Crippen LogP contribution in [0.5, 0.6) is 0 Å². The van der Waals surface area contributed by atoms with E-state index in [2.05, 4.69) is 25.7 Å². The minimum atomic E-state index is -0.324. The molecule has 0 bridgehead atoms. The summed E-state index contributed by atoms with van der Waals surface area (Å²) in [6.07, 6.45) is 1.61. The van der Waals surface area contributed by atoms with Crippen molar-refractivity contribution in [3.8, 4) is 5.69 Å². The number of carbonyl (C=O) groups is 1. The van der Waals surface area contributed by atoms with Crippen molar-refractivity contribution in [2.75, 3.05) is 0 Å². The second-order valence-corrected chi connectivity index (χ2v) is 8.50. The number of hydrogen-bond donors (Lipinski definition) is 1. The number of halogens is 2. The normalized spacial score (nSPS) is 10.9. The van der Waals surface area contributed by atoms with Gasteiger partial charge in [0.15, 0.2) is 5.16 Å². The van der Waals surface area contributed by atoms with Crippen LogP contribution < -0.4 is 5.32 Å². The summed E-state index contributed by atoms with van der Waals surface area (Å²) < 4.78 is 14.8. The number of nitrogens with one attached hydrogen (secondary N) is 1. The summed E-state index contributed by atoms with van der Waals surface area (Å²) in [5, 5.41) is 21.1. The lowest BCUT2D eigenvalue weighted by Crippen LogP contribution is -2.22. The van der Waals surface area contributed by atoms with Crippen molar-refractivity contribution in [3.63, 3.8) is 0 Å². The third-order valence-corrected chi connectivity index (χ3v) is 6.25. The predicted octanol–water partition coefficient (Wildman–Crippen LogP) is 4.13. The lowest BCUT2D eigenvalue weighted by Gasteiger charge is -2.05. The Labute approximate surface area is 184 Å². The van der Waals surface area contributed by atoms with Crippen LogP contribution in [0.4, 0.5) is 4.39 Å². The van der Waals surface area contributed by atoms with Gasteiger partial charge in [0.1, 0.15) is 17.2 Å². The molecule has 1 N–H and O–H groups in total. The molecule has 0 radical (unpaired) electrons. The first-order valence-corrected chi connectivity index (χ1v) is 10.9. The molecule has 7 nitrogen and oxygen atoms in total. The average molecular weight is 461 g/mol. The van der Waals surface area contributed by atoms with Crippen LogP contribution in [0.25, 0.3) is 5.69 Å². The van der Waals surface area contributed by atoms with Crippen molar-refractivity contribution in [1.82, 2.24) is 30.3 Å². The number of amides is 1. The third kappa shape index (κ3) is 5.02. The maximum absolute atomic E-state index is 12.9. The SMILES string of the molecule is O=C(NCc1ccc(F)cc1)c1nnc(CSc2nncn2-c2cccc(Cl)c2)s1. The summed E-state index contributed by atoms with van der Waals surface area (Å²) in [4.78, 5) is 12.3. The standard InChI is InChI=1S/C19H14ClFN6OS2/c20-13-2-1-3-15(8-13)27-11-23-26-19(27)29-10-16-24-25-18(30-16)17(28)22-9-12-4-6-14(21)7-5-12/h1-8,11H,9-10H2,(H,22,28). The summed E-state index contributed by atoms with van der Waals surface area (Å²) in [6, 6.07) is 13.3. The molecular weight excluding hydrogens is 447 g/mol. The van der Waals surface area contributed by atoms with Crippen LogP contribution in [-0.4, -0.2) is 30.9 Å². The number of aromatic nitrogens is 5. The van der Waals surface area contributed by atoms with E-state index in [1.165, 1.54) is 35.2 Å². The molecule has 2 aromatic heterocycles. The van der Waals surface area contributed by atoms with E-state index in [1.54, 1.807) is 24.5 Å². The zero-order valence-electron chi connectivity index (χ0n) is 15.3. The molecule has 0 aliphatic rings. The number of carbonyl (C=O) groups excluding carboxylic acids is 1. The van der Waals surface area contributed by atoms with Crippen molar-refractivity contribution in [1.29, 1.82) is 0 Å². The Morgan fingerprint density at radius 1 is 1.17 bits per heavy atom. The first-order valence-electron chi connectivity index (χ1n) is 8.72. The number of rotatable bonds is 7. The van der Waals surface area contributed by atoms with Crippen LogP contribution in [0.3, 0.4) is 0 Å². The monoisotopic (exact) mass is 460 g/mol. The highest BCUT2D eigenvalue weighted by Crippen LogP contribution is 2.25. The Morgan fingerprint density at radius 2 is 2.00 bits per heavy atom. The van der Waals surface area contributed by atoms with Gasteiger partial charge in [0.25, 0.3) is 5.91 Å². The van der Waals surface area contributed by atoms with Gasteiger partial charge in [0, 0.05) is 11.6 Å². The molecule has 152 valence electrons. The molecule has 4 rings (SSSR count). The van der Waals surface area contributed by atoms with Gasteiger partial charge in [-0.05, 0) is 35.9 Å². The predicted molar refractivity (Wildman–Crippen MR) is 113 cm³/mol. The van der Waals surface area contributed by atoms with Crippen LogP contribution in [0, 0.1) is 5.82 Å². The second kappa shape index (κ2) is 9.33. The number of hydrogen-bond acceptors (Lipinski definition) is 7. The molecule has 0 aliphatic heterocycles. The lowest BCUT2D eigenvalue weighted by molar-refractivity contribution is 0.0950. The van der Waals surface area contributed by atoms with E-state index in [1.807, 2.05) is 22.8 Å². The van der Waals surface area contributed by atoms with Gasteiger partial charge in [-0.2, -0.15) is 0 Å². The molecule has 1 amide bonds. The zero-order valence-corrected chi connectivity index (χ0v) is 17.7. The summed E-state index contributed by atoms with van der Waals surface area (Å²) >= 11 is 8.70. The van der Waals surface area contributed by atoms with E-state index < -0.39 is 0 Å². The Morgan fingerprint density at radius 3 is 2.80 bits per heavy atom. The molecule has 0 saturated heterocycles. The van der Waals surface area contributed by atoms with Gasteiger partial charge < -0.3 is 5.32 Å². The van der Waals surface area contributed by atoms with Crippen molar-refractivity contribution in [2.24, 2.45) is 0 Å². The first kappa shape index (κ1) is 20.5. The molecule has 4 aromatic rings. The van der Waals surface area contributed by atoms with Crippen LogP contribution in [0.2, 0.25) is 5.02 Å². The fraction of sp³-hybridized carbons (Fsp3) is 0.105. The largest absolute Gasteiger partial charge is 0.346 e. The first-order chi connectivity index (χ1) is 14.6. The van der Waals surface area contributed by atoms with E-state index >= 15 is 0 Å². The molecular formula is C19H14ClFN6OS2. The van der Waals surface area contributed by atoms with Crippen LogP contribution >= 0.6 is 34.7 Å². The van der Waals surface area contributed by atoms with Gasteiger partial charge >= 0.3 is 0 Å². The molecule has 0 fully saturated rings.